The molecule has 2 bridgehead atoms. The fourth-order valence-corrected chi connectivity index (χ4v) is 4.33. The molecular weight excluding hydrogens is 339 g/mol. The van der Waals surface area contributed by atoms with E-state index in [9.17, 15) is 23.9 Å². The van der Waals surface area contributed by atoms with E-state index in [2.05, 4.69) is 5.32 Å². The molecule has 2 N–H and O–H groups in total. The summed E-state index contributed by atoms with van der Waals surface area (Å²) in [5, 5.41) is 12.6. The summed E-state index contributed by atoms with van der Waals surface area (Å²) < 4.78 is 12.9. The van der Waals surface area contributed by atoms with Gasteiger partial charge in [-0.2, -0.15) is 0 Å². The molecule has 3 aliphatic rings. The molecule has 0 unspecified atom stereocenters. The number of halogens is 1. The van der Waals surface area contributed by atoms with Crippen molar-refractivity contribution in [3.05, 3.63) is 47.8 Å². The van der Waals surface area contributed by atoms with Gasteiger partial charge >= 0.3 is 0 Å². The molecule has 0 radical (unpaired) electrons. The predicted octanol–water partition coefficient (Wildman–Crippen LogP) is 0.782. The van der Waals surface area contributed by atoms with Crippen LogP contribution in [0.2, 0.25) is 0 Å². The van der Waals surface area contributed by atoms with Gasteiger partial charge in [-0.25, -0.2) is 4.39 Å². The molecule has 1 heterocycles. The number of nitrogens with zero attached hydrogens (tertiary/aromatic N) is 1. The summed E-state index contributed by atoms with van der Waals surface area (Å²) in [5.41, 5.74) is 0.470. The third-order valence-electron chi connectivity index (χ3n) is 5.61. The van der Waals surface area contributed by atoms with Gasteiger partial charge in [0.05, 0.1) is 17.9 Å². The quantitative estimate of drug-likeness (QED) is 0.602. The highest BCUT2D eigenvalue weighted by molar-refractivity contribution is 6.08. The molecule has 5 atom stereocenters. The Morgan fingerprint density at radius 3 is 2.31 bits per heavy atom. The second-order valence-corrected chi connectivity index (χ2v) is 7.13. The molecule has 4 rings (SSSR count). The zero-order valence-electron chi connectivity index (χ0n) is 14.0. The Bertz CT molecular complexity index is 761. The number of fused-ring (bicyclic) bond motifs is 5. The molecule has 1 aliphatic heterocycles. The van der Waals surface area contributed by atoms with Crippen LogP contribution < -0.4 is 5.32 Å². The predicted molar refractivity (Wildman–Crippen MR) is 88.8 cm³/mol. The number of benzene rings is 1. The number of hydrogen-bond donors (Lipinski definition) is 2. The average Bonchev–Trinajstić information content (AvgIpc) is 3.30. The Hall–Kier alpha value is -2.54. The van der Waals surface area contributed by atoms with Crippen LogP contribution in [0, 0.1) is 29.5 Å². The van der Waals surface area contributed by atoms with Gasteiger partial charge in [0, 0.05) is 6.54 Å². The van der Waals surface area contributed by atoms with Crippen LogP contribution in [0.3, 0.4) is 0 Å². The molecule has 136 valence electrons. The number of amides is 3. The van der Waals surface area contributed by atoms with Crippen molar-refractivity contribution in [3.8, 4) is 0 Å². The second-order valence-electron chi connectivity index (χ2n) is 7.13. The Morgan fingerprint density at radius 2 is 1.73 bits per heavy atom. The first-order chi connectivity index (χ1) is 12.5. The number of imide groups is 1. The third-order valence-corrected chi connectivity index (χ3v) is 5.61. The Labute approximate surface area is 149 Å². The van der Waals surface area contributed by atoms with E-state index in [1.54, 1.807) is 0 Å². The maximum atomic E-state index is 12.9. The molecule has 3 amide bonds. The van der Waals surface area contributed by atoms with E-state index in [1.165, 1.54) is 24.3 Å². The van der Waals surface area contributed by atoms with Crippen molar-refractivity contribution in [2.45, 2.75) is 12.5 Å². The lowest BCUT2D eigenvalue weighted by Gasteiger charge is -2.18. The second kappa shape index (κ2) is 6.32. The van der Waals surface area contributed by atoms with E-state index in [-0.39, 0.29) is 48.6 Å². The van der Waals surface area contributed by atoms with Gasteiger partial charge in [0.1, 0.15) is 12.4 Å². The number of rotatable bonds is 5. The molecule has 7 heteroatoms. The summed E-state index contributed by atoms with van der Waals surface area (Å²) in [4.78, 5) is 38.2. The number of hydrogen-bond acceptors (Lipinski definition) is 4. The summed E-state index contributed by atoms with van der Waals surface area (Å²) >= 11 is 0. The number of likely N-dealkylation sites (tertiary alicyclic amines) is 1. The van der Waals surface area contributed by atoms with Crippen molar-refractivity contribution >= 4 is 17.7 Å². The number of carbonyl (C=O) groups is 3. The zero-order chi connectivity index (χ0) is 18.4. The van der Waals surface area contributed by atoms with Gasteiger partial charge in [0.2, 0.25) is 17.7 Å². The smallest absolute Gasteiger partial charge is 0.240 e. The van der Waals surface area contributed by atoms with Crippen LogP contribution in [-0.2, 0) is 14.4 Å². The summed E-state index contributed by atoms with van der Waals surface area (Å²) in [7, 11) is 0. The molecular formula is C19H19FN2O4. The summed E-state index contributed by atoms with van der Waals surface area (Å²) in [6, 6.07) is 5.32. The van der Waals surface area contributed by atoms with Crippen molar-refractivity contribution in [1.82, 2.24) is 10.2 Å². The first-order valence-corrected chi connectivity index (χ1v) is 8.69. The summed E-state index contributed by atoms with van der Waals surface area (Å²) in [5.74, 6) is -1.90. The minimum atomic E-state index is -0.996. The average molecular weight is 358 g/mol. The highest BCUT2D eigenvalue weighted by Gasteiger charge is 2.59. The number of carbonyl (C=O) groups excluding carboxylic acids is 3. The fourth-order valence-electron chi connectivity index (χ4n) is 4.33. The van der Waals surface area contributed by atoms with E-state index in [1.807, 2.05) is 12.2 Å². The van der Waals surface area contributed by atoms with Crippen LogP contribution in [0.1, 0.15) is 18.1 Å². The van der Waals surface area contributed by atoms with E-state index >= 15 is 0 Å². The van der Waals surface area contributed by atoms with E-state index in [0.717, 1.165) is 11.3 Å². The van der Waals surface area contributed by atoms with Gasteiger partial charge in [0.15, 0.2) is 0 Å². The van der Waals surface area contributed by atoms with Crippen molar-refractivity contribution < 1.29 is 23.9 Å². The van der Waals surface area contributed by atoms with Gasteiger partial charge in [-0.1, -0.05) is 24.3 Å². The number of aliphatic hydroxyl groups is 1. The van der Waals surface area contributed by atoms with Gasteiger partial charge in [0.25, 0.3) is 0 Å². The lowest BCUT2D eigenvalue weighted by atomic mass is 9.85. The summed E-state index contributed by atoms with van der Waals surface area (Å²) in [6.07, 6.45) is 3.85. The molecule has 1 aromatic rings. The molecule has 0 spiro atoms. The van der Waals surface area contributed by atoms with Gasteiger partial charge in [-0.15, -0.1) is 0 Å². The molecule has 2 aliphatic carbocycles. The van der Waals surface area contributed by atoms with Crippen LogP contribution in [0.25, 0.3) is 0 Å². The molecule has 1 aromatic carbocycles. The lowest BCUT2D eigenvalue weighted by Crippen LogP contribution is -2.42. The Balaban J connectivity index is 1.33. The number of allylic oxidation sites excluding steroid dienone is 2. The van der Waals surface area contributed by atoms with Crippen molar-refractivity contribution in [2.24, 2.45) is 23.7 Å². The number of nitrogens with one attached hydrogen (secondary N) is 1. The Kier molecular flexibility index (Phi) is 4.11. The van der Waals surface area contributed by atoms with Crippen LogP contribution in [0.4, 0.5) is 4.39 Å². The molecule has 6 nitrogen and oxygen atoms in total. The normalized spacial score (nSPS) is 30.0. The maximum Gasteiger partial charge on any atom is 0.240 e. The zero-order valence-corrected chi connectivity index (χ0v) is 14.0. The van der Waals surface area contributed by atoms with Crippen LogP contribution in [0.15, 0.2) is 36.4 Å². The van der Waals surface area contributed by atoms with Crippen molar-refractivity contribution in [3.63, 3.8) is 0 Å². The van der Waals surface area contributed by atoms with Gasteiger partial charge in [-0.05, 0) is 36.0 Å². The van der Waals surface area contributed by atoms with Crippen LogP contribution in [-0.4, -0.2) is 40.8 Å². The molecule has 26 heavy (non-hydrogen) atoms. The largest absolute Gasteiger partial charge is 0.387 e. The first-order valence-electron chi connectivity index (χ1n) is 8.69. The number of aliphatic hydroxyl groups excluding tert-OH is 1. The van der Waals surface area contributed by atoms with E-state index < -0.39 is 17.8 Å². The minimum absolute atomic E-state index is 0.0830. The van der Waals surface area contributed by atoms with Gasteiger partial charge in [-0.3, -0.25) is 19.3 Å². The molecule has 0 aromatic heterocycles. The van der Waals surface area contributed by atoms with E-state index in [4.69, 9.17) is 0 Å². The van der Waals surface area contributed by atoms with Gasteiger partial charge < -0.3 is 10.4 Å². The first kappa shape index (κ1) is 16.9. The highest BCUT2D eigenvalue weighted by Crippen LogP contribution is 2.52. The van der Waals surface area contributed by atoms with Crippen molar-refractivity contribution in [2.75, 3.05) is 13.1 Å². The Morgan fingerprint density at radius 1 is 1.15 bits per heavy atom. The monoisotopic (exact) mass is 358 g/mol. The van der Waals surface area contributed by atoms with Crippen LogP contribution >= 0.6 is 0 Å². The SMILES string of the molecule is O=C(CN1C(=O)[C@H]2[C@H](C1=O)[C@H]1C=C[C@H]2C1)NC[C@@H](O)c1ccc(F)cc1. The molecule has 1 saturated carbocycles. The minimum Gasteiger partial charge on any atom is -0.387 e. The fraction of sp³-hybridized carbons (Fsp3) is 0.421. The molecule has 2 fully saturated rings. The molecule has 1 saturated heterocycles. The topological polar surface area (TPSA) is 86.7 Å². The summed E-state index contributed by atoms with van der Waals surface area (Å²) in [6.45, 7) is -0.416. The maximum absolute atomic E-state index is 12.9. The van der Waals surface area contributed by atoms with E-state index in [0.29, 0.717) is 5.56 Å². The standard InChI is InChI=1S/C19H19FN2O4/c20-13-5-3-10(4-6-13)14(23)8-21-15(24)9-22-18(25)16-11-1-2-12(7-11)17(16)19(22)26/h1-6,11-12,14,16-17,23H,7-9H2,(H,21,24)/t11-,12-,14+,16+,17+/m0/s1. The van der Waals surface area contributed by atoms with Crippen molar-refractivity contribution in [1.29, 1.82) is 0 Å². The highest BCUT2D eigenvalue weighted by atomic mass is 19.1. The third kappa shape index (κ3) is 2.72. The van der Waals surface area contributed by atoms with Crippen LogP contribution in [0.5, 0.6) is 0 Å². The lowest BCUT2D eigenvalue weighted by molar-refractivity contribution is -0.144.